The molecule has 1 aliphatic heterocycles. The third kappa shape index (κ3) is 4.26. The van der Waals surface area contributed by atoms with Crippen LogP contribution in [0.15, 0.2) is 6.07 Å². The lowest BCUT2D eigenvalue weighted by molar-refractivity contribution is -0.145. The molecule has 1 fully saturated rings. The summed E-state index contributed by atoms with van der Waals surface area (Å²) in [6, 6.07) is 1.12. The fourth-order valence-electron chi connectivity index (χ4n) is 1.99. The normalized spacial score (nSPS) is 21.1. The predicted molar refractivity (Wildman–Crippen MR) is 65.6 cm³/mol. The SMILES string of the molecule is OCC(O)c1cc(OC2CCCNC2)nc(C(F)(F)F)n1. The molecule has 1 aliphatic rings. The lowest BCUT2D eigenvalue weighted by Gasteiger charge is -2.24. The maximum atomic E-state index is 12.8. The van der Waals surface area contributed by atoms with Crippen LogP contribution in [0.25, 0.3) is 0 Å². The Morgan fingerprint density at radius 1 is 1.43 bits per heavy atom. The number of aliphatic hydroxyl groups excluding tert-OH is 2. The summed E-state index contributed by atoms with van der Waals surface area (Å²) in [5, 5.41) is 21.4. The number of rotatable bonds is 4. The minimum Gasteiger partial charge on any atom is -0.473 e. The fraction of sp³-hybridized carbons (Fsp3) is 0.667. The summed E-state index contributed by atoms with van der Waals surface area (Å²) in [5.41, 5.74) is -0.321. The van der Waals surface area contributed by atoms with Gasteiger partial charge in [0.1, 0.15) is 12.2 Å². The number of piperidine rings is 1. The first kappa shape index (κ1) is 15.9. The monoisotopic (exact) mass is 307 g/mol. The zero-order valence-electron chi connectivity index (χ0n) is 11.1. The van der Waals surface area contributed by atoms with E-state index in [2.05, 4.69) is 15.3 Å². The van der Waals surface area contributed by atoms with Crippen LogP contribution in [0.4, 0.5) is 13.2 Å². The summed E-state index contributed by atoms with van der Waals surface area (Å²) < 4.78 is 43.7. The zero-order chi connectivity index (χ0) is 15.5. The van der Waals surface area contributed by atoms with E-state index in [0.717, 1.165) is 19.0 Å². The molecule has 9 heteroatoms. The van der Waals surface area contributed by atoms with Gasteiger partial charge in [-0.1, -0.05) is 0 Å². The minimum absolute atomic E-state index is 0.256. The molecule has 6 nitrogen and oxygen atoms in total. The van der Waals surface area contributed by atoms with Crippen LogP contribution in [0.3, 0.4) is 0 Å². The van der Waals surface area contributed by atoms with Crippen LogP contribution in [0.1, 0.15) is 30.5 Å². The van der Waals surface area contributed by atoms with E-state index in [-0.39, 0.29) is 17.7 Å². The van der Waals surface area contributed by atoms with Crippen molar-refractivity contribution in [1.82, 2.24) is 15.3 Å². The first-order valence-corrected chi connectivity index (χ1v) is 6.52. The standard InChI is InChI=1S/C12H16F3N3O3/c13-12(14,15)11-17-8(9(20)6-19)4-10(18-11)21-7-2-1-3-16-5-7/h4,7,9,16,19-20H,1-3,5-6H2. The Balaban J connectivity index is 2.26. The number of halogens is 3. The smallest absolute Gasteiger partial charge is 0.451 e. The second-order valence-electron chi connectivity index (χ2n) is 4.74. The van der Waals surface area contributed by atoms with Crippen molar-refractivity contribution >= 4 is 0 Å². The Kier molecular flexibility index (Phi) is 4.96. The summed E-state index contributed by atoms with van der Waals surface area (Å²) in [4.78, 5) is 6.56. The first-order chi connectivity index (χ1) is 9.90. The van der Waals surface area contributed by atoms with E-state index >= 15 is 0 Å². The highest BCUT2D eigenvalue weighted by molar-refractivity contribution is 5.20. The number of nitrogens with one attached hydrogen (secondary N) is 1. The Morgan fingerprint density at radius 2 is 2.19 bits per heavy atom. The highest BCUT2D eigenvalue weighted by Gasteiger charge is 2.36. The molecule has 0 aromatic carbocycles. The van der Waals surface area contributed by atoms with Gasteiger partial charge in [-0.25, -0.2) is 4.98 Å². The fourth-order valence-corrected chi connectivity index (χ4v) is 1.99. The van der Waals surface area contributed by atoms with Crippen molar-refractivity contribution < 1.29 is 28.1 Å². The lowest BCUT2D eigenvalue weighted by Crippen LogP contribution is -2.37. The minimum atomic E-state index is -4.76. The van der Waals surface area contributed by atoms with Crippen molar-refractivity contribution in [2.45, 2.75) is 31.2 Å². The van der Waals surface area contributed by atoms with E-state index in [9.17, 15) is 18.3 Å². The molecule has 0 bridgehead atoms. The van der Waals surface area contributed by atoms with Gasteiger partial charge in [0.05, 0.1) is 12.3 Å². The number of aromatic nitrogens is 2. The summed E-state index contributed by atoms with van der Waals surface area (Å²) in [5.74, 6) is -1.65. The Morgan fingerprint density at radius 3 is 2.76 bits per heavy atom. The van der Waals surface area contributed by atoms with Gasteiger partial charge in [0, 0.05) is 12.6 Å². The largest absolute Gasteiger partial charge is 0.473 e. The molecule has 0 saturated carbocycles. The maximum absolute atomic E-state index is 12.8. The molecule has 3 N–H and O–H groups in total. The van der Waals surface area contributed by atoms with Gasteiger partial charge in [-0.2, -0.15) is 18.2 Å². The van der Waals surface area contributed by atoms with Crippen LogP contribution in [-0.4, -0.2) is 46.0 Å². The second-order valence-corrected chi connectivity index (χ2v) is 4.74. The van der Waals surface area contributed by atoms with Crippen molar-refractivity contribution in [2.75, 3.05) is 19.7 Å². The summed E-state index contributed by atoms with van der Waals surface area (Å²) in [6.45, 7) is 0.619. The molecule has 2 atom stereocenters. The van der Waals surface area contributed by atoms with Crippen LogP contribution < -0.4 is 10.1 Å². The first-order valence-electron chi connectivity index (χ1n) is 6.52. The molecule has 2 unspecified atom stereocenters. The Bertz CT molecular complexity index is 479. The quantitative estimate of drug-likeness (QED) is 0.757. The van der Waals surface area contributed by atoms with Crippen molar-refractivity contribution in [3.63, 3.8) is 0 Å². The molecular formula is C12H16F3N3O3. The van der Waals surface area contributed by atoms with E-state index < -0.39 is 24.7 Å². The Labute approximate surface area is 119 Å². The molecule has 0 spiro atoms. The molecule has 2 rings (SSSR count). The lowest BCUT2D eigenvalue weighted by atomic mass is 10.1. The molecule has 2 heterocycles. The van der Waals surface area contributed by atoms with Gasteiger partial charge in [0.15, 0.2) is 0 Å². The average Bonchev–Trinajstić information content (AvgIpc) is 2.46. The summed E-state index contributed by atoms with van der Waals surface area (Å²) in [6.07, 6.45) is -4.99. The topological polar surface area (TPSA) is 87.5 Å². The molecule has 1 aromatic heterocycles. The van der Waals surface area contributed by atoms with Gasteiger partial charge < -0.3 is 20.3 Å². The van der Waals surface area contributed by atoms with Gasteiger partial charge in [-0.15, -0.1) is 0 Å². The van der Waals surface area contributed by atoms with E-state index in [1.807, 2.05) is 0 Å². The van der Waals surface area contributed by atoms with E-state index in [1.165, 1.54) is 0 Å². The van der Waals surface area contributed by atoms with Gasteiger partial charge in [0.2, 0.25) is 11.7 Å². The van der Waals surface area contributed by atoms with Gasteiger partial charge in [0.25, 0.3) is 0 Å². The molecule has 0 radical (unpaired) electrons. The van der Waals surface area contributed by atoms with E-state index in [4.69, 9.17) is 9.84 Å². The predicted octanol–water partition coefficient (Wildman–Crippen LogP) is 0.652. The number of alkyl halides is 3. The molecule has 118 valence electrons. The van der Waals surface area contributed by atoms with Crippen LogP contribution in [0, 0.1) is 0 Å². The van der Waals surface area contributed by atoms with Crippen LogP contribution in [-0.2, 0) is 6.18 Å². The number of aliphatic hydroxyl groups is 2. The number of nitrogens with zero attached hydrogens (tertiary/aromatic N) is 2. The molecule has 1 saturated heterocycles. The van der Waals surface area contributed by atoms with E-state index in [1.54, 1.807) is 0 Å². The third-order valence-corrected chi connectivity index (χ3v) is 3.03. The molecule has 0 aliphatic carbocycles. The van der Waals surface area contributed by atoms with Crippen LogP contribution in [0.2, 0.25) is 0 Å². The molecule has 1 aromatic rings. The second kappa shape index (κ2) is 6.54. The molecular weight excluding hydrogens is 291 g/mol. The number of hydrogen-bond acceptors (Lipinski definition) is 6. The summed E-state index contributed by atoms with van der Waals surface area (Å²) >= 11 is 0. The number of hydrogen-bond donors (Lipinski definition) is 3. The van der Waals surface area contributed by atoms with Gasteiger partial charge >= 0.3 is 6.18 Å². The van der Waals surface area contributed by atoms with Gasteiger partial charge in [-0.05, 0) is 19.4 Å². The van der Waals surface area contributed by atoms with Crippen LogP contribution >= 0.6 is 0 Å². The van der Waals surface area contributed by atoms with E-state index in [0.29, 0.717) is 13.0 Å². The molecule has 21 heavy (non-hydrogen) atoms. The maximum Gasteiger partial charge on any atom is 0.451 e. The Hall–Kier alpha value is -1.45. The molecule has 0 amide bonds. The van der Waals surface area contributed by atoms with Crippen molar-refractivity contribution in [2.24, 2.45) is 0 Å². The van der Waals surface area contributed by atoms with Crippen molar-refractivity contribution in [1.29, 1.82) is 0 Å². The van der Waals surface area contributed by atoms with Gasteiger partial charge in [-0.3, -0.25) is 0 Å². The summed E-state index contributed by atoms with van der Waals surface area (Å²) in [7, 11) is 0. The highest BCUT2D eigenvalue weighted by atomic mass is 19.4. The van der Waals surface area contributed by atoms with Crippen molar-refractivity contribution in [3.05, 3.63) is 17.6 Å². The third-order valence-electron chi connectivity index (χ3n) is 3.03. The average molecular weight is 307 g/mol. The number of ether oxygens (including phenoxy) is 1. The highest BCUT2D eigenvalue weighted by Crippen LogP contribution is 2.29. The van der Waals surface area contributed by atoms with Crippen molar-refractivity contribution in [3.8, 4) is 5.88 Å². The zero-order valence-corrected chi connectivity index (χ0v) is 11.1. The van der Waals surface area contributed by atoms with Crippen LogP contribution in [0.5, 0.6) is 5.88 Å².